The topological polar surface area (TPSA) is 84.2 Å². The van der Waals surface area contributed by atoms with Gasteiger partial charge in [-0.2, -0.15) is 4.98 Å². The highest BCUT2D eigenvalue weighted by Gasteiger charge is 2.26. The zero-order valence-corrected chi connectivity index (χ0v) is 16.5. The fourth-order valence-electron chi connectivity index (χ4n) is 3.66. The van der Waals surface area contributed by atoms with Gasteiger partial charge in [0.1, 0.15) is 0 Å². The summed E-state index contributed by atoms with van der Waals surface area (Å²) in [7, 11) is 0. The lowest BCUT2D eigenvalue weighted by atomic mass is 9.97. The van der Waals surface area contributed by atoms with Crippen LogP contribution >= 0.6 is 0 Å². The Bertz CT molecular complexity index is 957. The Morgan fingerprint density at radius 3 is 2.97 bits per heavy atom. The van der Waals surface area contributed by atoms with Crippen molar-refractivity contribution in [3.05, 3.63) is 65.8 Å². The van der Waals surface area contributed by atoms with E-state index in [1.807, 2.05) is 43.3 Å². The van der Waals surface area contributed by atoms with Crippen LogP contribution in [0.3, 0.4) is 0 Å². The summed E-state index contributed by atoms with van der Waals surface area (Å²) in [6.07, 6.45) is 5.35. The first-order valence-electron chi connectivity index (χ1n) is 9.96. The Labute approximate surface area is 170 Å². The summed E-state index contributed by atoms with van der Waals surface area (Å²) in [5.41, 5.74) is 3.16. The number of rotatable bonds is 6. The maximum atomic E-state index is 12.6. The van der Waals surface area contributed by atoms with Crippen molar-refractivity contribution in [1.29, 1.82) is 0 Å². The standard InChI is InChI=1S/C22H25N5O2/c1-16-4-2-5-18(12-16)21-25-20(29-26-21)15-27-11-3-6-19(14-27)22(28)24-13-17-7-9-23-10-8-17/h2,4-5,7-10,12,19H,3,6,11,13-15H2,1H3,(H,24,28). The van der Waals surface area contributed by atoms with E-state index >= 15 is 0 Å². The third-order valence-electron chi connectivity index (χ3n) is 5.20. The highest BCUT2D eigenvalue weighted by atomic mass is 16.5. The van der Waals surface area contributed by atoms with Crippen LogP contribution in [0.1, 0.15) is 29.9 Å². The molecule has 1 unspecified atom stereocenters. The predicted octanol–water partition coefficient (Wildman–Crippen LogP) is 2.97. The number of amides is 1. The summed E-state index contributed by atoms with van der Waals surface area (Å²) >= 11 is 0. The highest BCUT2D eigenvalue weighted by Crippen LogP contribution is 2.21. The molecule has 0 aliphatic carbocycles. The van der Waals surface area contributed by atoms with Gasteiger partial charge in [-0.15, -0.1) is 0 Å². The number of benzene rings is 1. The molecule has 1 aromatic carbocycles. The summed E-state index contributed by atoms with van der Waals surface area (Å²) in [6.45, 7) is 4.76. The lowest BCUT2D eigenvalue weighted by molar-refractivity contribution is -0.127. The Kier molecular flexibility index (Phi) is 5.95. The SMILES string of the molecule is Cc1cccc(-c2noc(CN3CCCC(C(=O)NCc4ccncc4)C3)n2)c1. The van der Waals surface area contributed by atoms with Gasteiger partial charge in [-0.05, 0) is 50.1 Å². The van der Waals surface area contributed by atoms with E-state index in [0.29, 0.717) is 31.3 Å². The van der Waals surface area contributed by atoms with Gasteiger partial charge >= 0.3 is 0 Å². The minimum Gasteiger partial charge on any atom is -0.352 e. The molecule has 1 fully saturated rings. The second kappa shape index (κ2) is 8.96. The fraction of sp³-hybridized carbons (Fsp3) is 0.364. The van der Waals surface area contributed by atoms with E-state index in [2.05, 4.69) is 25.3 Å². The lowest BCUT2D eigenvalue weighted by Gasteiger charge is -2.30. The second-order valence-corrected chi connectivity index (χ2v) is 7.53. The van der Waals surface area contributed by atoms with Gasteiger partial charge in [0.2, 0.25) is 17.6 Å². The van der Waals surface area contributed by atoms with E-state index in [1.54, 1.807) is 12.4 Å². The third-order valence-corrected chi connectivity index (χ3v) is 5.20. The van der Waals surface area contributed by atoms with Crippen molar-refractivity contribution in [2.24, 2.45) is 5.92 Å². The molecule has 1 aliphatic heterocycles. The molecule has 7 heteroatoms. The third kappa shape index (κ3) is 5.06. The largest absolute Gasteiger partial charge is 0.352 e. The summed E-state index contributed by atoms with van der Waals surface area (Å²) in [4.78, 5) is 23.3. The molecule has 150 valence electrons. The number of hydrogen-bond acceptors (Lipinski definition) is 6. The van der Waals surface area contributed by atoms with E-state index in [1.165, 1.54) is 0 Å². The van der Waals surface area contributed by atoms with Gasteiger partial charge in [0.15, 0.2) is 0 Å². The molecule has 3 heterocycles. The maximum absolute atomic E-state index is 12.6. The maximum Gasteiger partial charge on any atom is 0.241 e. The van der Waals surface area contributed by atoms with Crippen LogP contribution in [0.4, 0.5) is 0 Å². The van der Waals surface area contributed by atoms with Crippen molar-refractivity contribution in [1.82, 2.24) is 25.3 Å². The number of piperidine rings is 1. The Morgan fingerprint density at radius 2 is 2.14 bits per heavy atom. The molecule has 1 amide bonds. The number of carbonyl (C=O) groups is 1. The number of aryl methyl sites for hydroxylation is 1. The Balaban J connectivity index is 1.32. The molecule has 0 spiro atoms. The number of aromatic nitrogens is 3. The van der Waals surface area contributed by atoms with Crippen molar-refractivity contribution in [2.45, 2.75) is 32.9 Å². The molecule has 0 saturated carbocycles. The molecule has 4 rings (SSSR count). The van der Waals surface area contributed by atoms with Crippen LogP contribution < -0.4 is 5.32 Å². The molecule has 0 bridgehead atoms. The van der Waals surface area contributed by atoms with Crippen LogP contribution in [0.15, 0.2) is 53.3 Å². The smallest absolute Gasteiger partial charge is 0.241 e. The van der Waals surface area contributed by atoms with Crippen molar-refractivity contribution in [2.75, 3.05) is 13.1 Å². The first-order chi connectivity index (χ1) is 14.2. The average molecular weight is 391 g/mol. The normalized spacial score (nSPS) is 17.2. The van der Waals surface area contributed by atoms with E-state index in [0.717, 1.165) is 36.1 Å². The molecular formula is C22H25N5O2. The molecule has 2 aromatic heterocycles. The van der Waals surface area contributed by atoms with Crippen molar-refractivity contribution in [3.63, 3.8) is 0 Å². The van der Waals surface area contributed by atoms with Crippen LogP contribution in [0.5, 0.6) is 0 Å². The second-order valence-electron chi connectivity index (χ2n) is 7.53. The first-order valence-corrected chi connectivity index (χ1v) is 9.96. The molecule has 0 radical (unpaired) electrons. The molecule has 29 heavy (non-hydrogen) atoms. The number of nitrogens with zero attached hydrogens (tertiary/aromatic N) is 4. The summed E-state index contributed by atoms with van der Waals surface area (Å²) in [6, 6.07) is 11.9. The molecule has 1 aliphatic rings. The number of likely N-dealkylation sites (tertiary alicyclic amines) is 1. The van der Waals surface area contributed by atoms with Crippen LogP contribution in [0.25, 0.3) is 11.4 Å². The summed E-state index contributed by atoms with van der Waals surface area (Å²) in [5.74, 6) is 1.26. The van der Waals surface area contributed by atoms with Crippen molar-refractivity contribution in [3.8, 4) is 11.4 Å². The zero-order chi connectivity index (χ0) is 20.1. The molecule has 1 atom stereocenters. The minimum absolute atomic E-state index is 0.0234. The van der Waals surface area contributed by atoms with E-state index < -0.39 is 0 Å². The highest BCUT2D eigenvalue weighted by molar-refractivity contribution is 5.78. The quantitative estimate of drug-likeness (QED) is 0.695. The van der Waals surface area contributed by atoms with Crippen molar-refractivity contribution >= 4 is 5.91 Å². The molecular weight excluding hydrogens is 366 g/mol. The number of hydrogen-bond donors (Lipinski definition) is 1. The lowest BCUT2D eigenvalue weighted by Crippen LogP contribution is -2.42. The zero-order valence-electron chi connectivity index (χ0n) is 16.5. The van der Waals surface area contributed by atoms with Gasteiger partial charge < -0.3 is 9.84 Å². The fourth-order valence-corrected chi connectivity index (χ4v) is 3.66. The monoisotopic (exact) mass is 391 g/mol. The van der Waals surface area contributed by atoms with Crippen LogP contribution in [-0.4, -0.2) is 39.0 Å². The minimum atomic E-state index is -0.0234. The average Bonchev–Trinajstić information content (AvgIpc) is 3.21. The van der Waals surface area contributed by atoms with Crippen molar-refractivity contribution < 1.29 is 9.32 Å². The molecule has 7 nitrogen and oxygen atoms in total. The Hall–Kier alpha value is -3.06. The van der Waals surface area contributed by atoms with Crippen LogP contribution in [0.2, 0.25) is 0 Å². The van der Waals surface area contributed by atoms with E-state index in [4.69, 9.17) is 4.52 Å². The molecule has 1 saturated heterocycles. The summed E-state index contributed by atoms with van der Waals surface area (Å²) in [5, 5.41) is 7.15. The van der Waals surface area contributed by atoms with Gasteiger partial charge in [-0.25, -0.2) is 0 Å². The first kappa shape index (κ1) is 19.3. The number of pyridine rings is 1. The molecule has 3 aromatic rings. The van der Waals surface area contributed by atoms with E-state index in [-0.39, 0.29) is 11.8 Å². The van der Waals surface area contributed by atoms with Crippen LogP contribution in [-0.2, 0) is 17.9 Å². The van der Waals surface area contributed by atoms with Gasteiger partial charge in [-0.1, -0.05) is 28.9 Å². The van der Waals surface area contributed by atoms with Gasteiger partial charge in [0.05, 0.1) is 12.5 Å². The number of carbonyl (C=O) groups excluding carboxylic acids is 1. The van der Waals surface area contributed by atoms with Crippen LogP contribution in [0, 0.1) is 12.8 Å². The number of nitrogens with one attached hydrogen (secondary N) is 1. The summed E-state index contributed by atoms with van der Waals surface area (Å²) < 4.78 is 5.45. The van der Waals surface area contributed by atoms with Gasteiger partial charge in [0.25, 0.3) is 0 Å². The van der Waals surface area contributed by atoms with E-state index in [9.17, 15) is 4.79 Å². The van der Waals surface area contributed by atoms with Gasteiger partial charge in [0, 0.05) is 31.0 Å². The molecule has 1 N–H and O–H groups in total. The predicted molar refractivity (Wildman–Crippen MR) is 109 cm³/mol. The Morgan fingerprint density at radius 1 is 1.28 bits per heavy atom. The van der Waals surface area contributed by atoms with Gasteiger partial charge in [-0.3, -0.25) is 14.7 Å².